The van der Waals surface area contributed by atoms with Crippen LogP contribution < -0.4 is 4.74 Å². The third-order valence-corrected chi connectivity index (χ3v) is 5.40. The molecule has 1 nitrogen and oxygen atoms in total. The van der Waals surface area contributed by atoms with Crippen LogP contribution in [0.5, 0.6) is 5.75 Å². The Kier molecular flexibility index (Phi) is 4.22. The number of alkyl halides is 1. The molecule has 1 saturated carbocycles. The summed E-state index contributed by atoms with van der Waals surface area (Å²) in [7, 11) is 0. The Hall–Kier alpha value is -0.280. The van der Waals surface area contributed by atoms with Gasteiger partial charge in [-0.3, -0.25) is 0 Å². The fraction of sp³-hybridized carbons (Fsp3) is 0.571. The molecule has 0 N–H and O–H groups in total. The molecule has 2 rings (SSSR count). The maximum absolute atomic E-state index is 13.0. The van der Waals surface area contributed by atoms with E-state index >= 15 is 0 Å². The predicted molar refractivity (Wildman–Crippen MR) is 75.8 cm³/mol. The molecule has 2 atom stereocenters. The second-order valence-corrected chi connectivity index (χ2v) is 6.21. The molecule has 0 heterocycles. The van der Waals surface area contributed by atoms with Gasteiger partial charge in [0.2, 0.25) is 0 Å². The maximum Gasteiger partial charge on any atom is 0.134 e. The molecule has 18 heavy (non-hydrogen) atoms. The monoisotopic (exact) mass is 334 g/mol. The lowest BCUT2D eigenvalue weighted by molar-refractivity contribution is -0.0466. The highest BCUT2D eigenvalue weighted by Gasteiger charge is 2.53. The molecule has 1 fully saturated rings. The van der Waals surface area contributed by atoms with Crippen LogP contribution in [0.4, 0.5) is 4.39 Å². The summed E-state index contributed by atoms with van der Waals surface area (Å²) in [5.74, 6) is 0.423. The minimum atomic E-state index is -0.268. The fourth-order valence-electron chi connectivity index (χ4n) is 2.74. The number of rotatable bonds is 4. The largest absolute Gasteiger partial charge is 0.489 e. The average molecular weight is 336 g/mol. The number of hydrogen-bond acceptors (Lipinski definition) is 1. The van der Waals surface area contributed by atoms with Crippen molar-refractivity contribution in [2.45, 2.75) is 44.6 Å². The average Bonchev–Trinajstić information content (AvgIpc) is 2.33. The quantitative estimate of drug-likeness (QED) is 0.691. The lowest BCUT2D eigenvalue weighted by Gasteiger charge is -2.52. The molecule has 0 spiro atoms. The molecule has 2 unspecified atom stereocenters. The van der Waals surface area contributed by atoms with Crippen LogP contribution in [0.2, 0.25) is 0 Å². The van der Waals surface area contributed by atoms with E-state index in [9.17, 15) is 4.39 Å². The van der Waals surface area contributed by atoms with Crippen molar-refractivity contribution >= 4 is 27.5 Å². The zero-order valence-electron chi connectivity index (χ0n) is 10.6. The van der Waals surface area contributed by atoms with Crippen molar-refractivity contribution in [2.75, 3.05) is 0 Å². The van der Waals surface area contributed by atoms with Gasteiger partial charge in [0.05, 0.1) is 4.47 Å². The van der Waals surface area contributed by atoms with E-state index < -0.39 is 0 Å². The van der Waals surface area contributed by atoms with Crippen molar-refractivity contribution in [3.63, 3.8) is 0 Å². The highest BCUT2D eigenvalue weighted by molar-refractivity contribution is 9.10. The molecule has 0 aliphatic heterocycles. The second kappa shape index (κ2) is 5.38. The Balaban J connectivity index is 2.15. The summed E-state index contributed by atoms with van der Waals surface area (Å²) in [4.78, 5) is 0. The zero-order valence-corrected chi connectivity index (χ0v) is 12.9. The summed E-state index contributed by atoms with van der Waals surface area (Å²) in [6.45, 7) is 4.29. The van der Waals surface area contributed by atoms with Crippen molar-refractivity contribution in [3.8, 4) is 5.75 Å². The molecule has 1 aliphatic rings. The third kappa shape index (κ3) is 2.27. The molecule has 0 saturated heterocycles. The van der Waals surface area contributed by atoms with Gasteiger partial charge in [0.1, 0.15) is 17.7 Å². The van der Waals surface area contributed by atoms with Crippen molar-refractivity contribution in [3.05, 3.63) is 28.5 Å². The third-order valence-electron chi connectivity index (χ3n) is 4.17. The first-order valence-corrected chi connectivity index (χ1v) is 7.52. The van der Waals surface area contributed by atoms with E-state index in [1.165, 1.54) is 12.1 Å². The van der Waals surface area contributed by atoms with Gasteiger partial charge in [-0.2, -0.15) is 0 Å². The molecule has 1 aromatic rings. The minimum absolute atomic E-state index is 0.0510. The lowest BCUT2D eigenvalue weighted by Crippen LogP contribution is -2.56. The summed E-state index contributed by atoms with van der Waals surface area (Å²) in [6, 6.07) is 4.50. The molecule has 0 aromatic heterocycles. The smallest absolute Gasteiger partial charge is 0.134 e. The Bertz CT molecular complexity index is 434. The van der Waals surface area contributed by atoms with Crippen LogP contribution in [0.1, 0.15) is 33.1 Å². The number of ether oxygens (including phenoxy) is 1. The first-order chi connectivity index (χ1) is 8.53. The van der Waals surface area contributed by atoms with E-state index in [0.717, 1.165) is 19.3 Å². The first-order valence-electron chi connectivity index (χ1n) is 6.29. The van der Waals surface area contributed by atoms with E-state index in [-0.39, 0.29) is 22.7 Å². The van der Waals surface area contributed by atoms with Crippen molar-refractivity contribution < 1.29 is 9.13 Å². The standard InChI is InChI=1S/C14H17BrClFO/c1-3-14(4-2)12(16)8-13(14)18-11-6-5-9(17)7-10(11)15/h5-7,12-13H,3-4,8H2,1-2H3. The molecular formula is C14H17BrClFO. The van der Waals surface area contributed by atoms with Gasteiger partial charge in [0.15, 0.2) is 0 Å². The van der Waals surface area contributed by atoms with Gasteiger partial charge in [0, 0.05) is 17.2 Å². The van der Waals surface area contributed by atoms with Crippen LogP contribution in [0, 0.1) is 11.2 Å². The summed E-state index contributed by atoms with van der Waals surface area (Å²) in [5, 5.41) is 0.178. The predicted octanol–water partition coefficient (Wildman–Crippen LogP) is 5.15. The van der Waals surface area contributed by atoms with Gasteiger partial charge in [-0.25, -0.2) is 4.39 Å². The highest BCUT2D eigenvalue weighted by atomic mass is 79.9. The molecule has 100 valence electrons. The van der Waals surface area contributed by atoms with Crippen LogP contribution >= 0.6 is 27.5 Å². The van der Waals surface area contributed by atoms with Crippen molar-refractivity contribution in [1.29, 1.82) is 0 Å². The van der Waals surface area contributed by atoms with Gasteiger partial charge in [0.25, 0.3) is 0 Å². The Morgan fingerprint density at radius 3 is 2.61 bits per heavy atom. The number of benzene rings is 1. The molecule has 0 amide bonds. The van der Waals surface area contributed by atoms with E-state index in [2.05, 4.69) is 29.8 Å². The van der Waals surface area contributed by atoms with Crippen LogP contribution in [0.15, 0.2) is 22.7 Å². The van der Waals surface area contributed by atoms with E-state index in [4.69, 9.17) is 16.3 Å². The minimum Gasteiger partial charge on any atom is -0.489 e. The number of halogens is 3. The Morgan fingerprint density at radius 1 is 1.44 bits per heavy atom. The second-order valence-electron chi connectivity index (χ2n) is 4.82. The fourth-order valence-corrected chi connectivity index (χ4v) is 3.79. The maximum atomic E-state index is 13.0. The Labute approximate surface area is 121 Å². The summed E-state index contributed by atoms with van der Waals surface area (Å²) < 4.78 is 19.7. The lowest BCUT2D eigenvalue weighted by atomic mass is 9.62. The molecule has 0 bridgehead atoms. The molecular weight excluding hydrogens is 319 g/mol. The summed E-state index contributed by atoms with van der Waals surface area (Å²) in [6.07, 6.45) is 2.98. The SMILES string of the molecule is CCC1(CC)C(Cl)CC1Oc1ccc(F)cc1Br. The topological polar surface area (TPSA) is 9.23 Å². The van der Waals surface area contributed by atoms with Crippen LogP contribution in [0.25, 0.3) is 0 Å². The Morgan fingerprint density at radius 2 is 2.11 bits per heavy atom. The van der Waals surface area contributed by atoms with Crippen LogP contribution in [-0.4, -0.2) is 11.5 Å². The van der Waals surface area contributed by atoms with Gasteiger partial charge in [-0.15, -0.1) is 11.6 Å². The molecule has 4 heteroatoms. The summed E-state index contributed by atoms with van der Waals surface area (Å²) in [5.41, 5.74) is 0.0510. The van der Waals surface area contributed by atoms with Crippen molar-refractivity contribution in [1.82, 2.24) is 0 Å². The van der Waals surface area contributed by atoms with E-state index in [1.807, 2.05) is 0 Å². The number of hydrogen-bond donors (Lipinski definition) is 0. The van der Waals surface area contributed by atoms with Gasteiger partial charge >= 0.3 is 0 Å². The van der Waals surface area contributed by atoms with Gasteiger partial charge in [-0.05, 0) is 47.0 Å². The molecule has 1 aliphatic carbocycles. The summed E-state index contributed by atoms with van der Waals surface area (Å²) >= 11 is 9.67. The van der Waals surface area contributed by atoms with E-state index in [1.54, 1.807) is 6.07 Å². The van der Waals surface area contributed by atoms with Crippen molar-refractivity contribution in [2.24, 2.45) is 5.41 Å². The molecule has 1 aromatic carbocycles. The highest BCUT2D eigenvalue weighted by Crippen LogP contribution is 2.52. The van der Waals surface area contributed by atoms with Crippen LogP contribution in [-0.2, 0) is 0 Å². The van der Waals surface area contributed by atoms with Crippen LogP contribution in [0.3, 0.4) is 0 Å². The van der Waals surface area contributed by atoms with Gasteiger partial charge < -0.3 is 4.74 Å². The zero-order chi connectivity index (χ0) is 13.3. The van der Waals surface area contributed by atoms with E-state index in [0.29, 0.717) is 10.2 Å². The van der Waals surface area contributed by atoms with Gasteiger partial charge in [-0.1, -0.05) is 13.8 Å². The molecule has 0 radical (unpaired) electrons. The first kappa shape index (κ1) is 14.1. The normalized spacial score (nSPS) is 25.6.